The Hall–Kier alpha value is -3.14. The van der Waals surface area contributed by atoms with Gasteiger partial charge in [0, 0.05) is 12.3 Å². The molecule has 3 aromatic heterocycles. The summed E-state index contributed by atoms with van der Waals surface area (Å²) in [6, 6.07) is 7.69. The first-order valence-electron chi connectivity index (χ1n) is 5.94. The summed E-state index contributed by atoms with van der Waals surface area (Å²) in [5.74, 6) is -0.401. The van der Waals surface area contributed by atoms with Gasteiger partial charge in [0.05, 0.1) is 9.80 Å². The highest BCUT2D eigenvalue weighted by atomic mass is 32.1. The number of thiophene rings is 1. The van der Waals surface area contributed by atoms with Crippen molar-refractivity contribution in [3.63, 3.8) is 0 Å². The lowest BCUT2D eigenvalue weighted by molar-refractivity contribution is -0.380. The highest BCUT2D eigenvalue weighted by Gasteiger charge is 2.18. The second-order valence-corrected chi connectivity index (χ2v) is 5.04. The maximum atomic E-state index is 11.9. The summed E-state index contributed by atoms with van der Waals surface area (Å²) in [6.07, 6.45) is 1.57. The Morgan fingerprint density at radius 2 is 2.14 bits per heavy atom. The van der Waals surface area contributed by atoms with E-state index in [-0.39, 0.29) is 21.8 Å². The van der Waals surface area contributed by atoms with Crippen molar-refractivity contribution in [1.29, 1.82) is 0 Å². The van der Waals surface area contributed by atoms with Crippen LogP contribution in [0.15, 0.2) is 40.9 Å². The predicted octanol–water partition coefficient (Wildman–Crippen LogP) is 2.35. The van der Waals surface area contributed by atoms with Gasteiger partial charge in [-0.25, -0.2) is 0 Å². The van der Waals surface area contributed by atoms with Crippen LogP contribution in [0.3, 0.4) is 0 Å². The molecule has 0 atom stereocenters. The third-order valence-corrected chi connectivity index (χ3v) is 3.56. The smallest absolute Gasteiger partial charge is 0.324 e. The van der Waals surface area contributed by atoms with Crippen molar-refractivity contribution in [2.24, 2.45) is 0 Å². The van der Waals surface area contributed by atoms with Gasteiger partial charge in [0.25, 0.3) is 11.8 Å². The van der Waals surface area contributed by atoms with Crippen LogP contribution in [0.5, 0.6) is 0 Å². The minimum Gasteiger partial charge on any atom is -0.401 e. The van der Waals surface area contributed by atoms with Crippen LogP contribution < -0.4 is 5.32 Å². The van der Waals surface area contributed by atoms with E-state index in [0.29, 0.717) is 5.69 Å². The van der Waals surface area contributed by atoms with Gasteiger partial charge in [-0.05, 0) is 18.2 Å². The van der Waals surface area contributed by atoms with Crippen molar-refractivity contribution in [3.8, 4) is 11.6 Å². The second kappa shape index (κ2) is 5.69. The first-order valence-corrected chi connectivity index (χ1v) is 6.75. The van der Waals surface area contributed by atoms with E-state index in [1.807, 2.05) is 0 Å². The van der Waals surface area contributed by atoms with E-state index in [9.17, 15) is 14.9 Å². The molecule has 1 amide bonds. The molecular formula is C12H7N5O4S. The number of hydrogen-bond acceptors (Lipinski definition) is 8. The van der Waals surface area contributed by atoms with Crippen molar-refractivity contribution < 1.29 is 14.1 Å². The van der Waals surface area contributed by atoms with Crippen molar-refractivity contribution in [1.82, 2.24) is 15.2 Å². The highest BCUT2D eigenvalue weighted by molar-refractivity contribution is 7.17. The zero-order valence-corrected chi connectivity index (χ0v) is 11.6. The van der Waals surface area contributed by atoms with E-state index in [1.165, 1.54) is 12.1 Å². The van der Waals surface area contributed by atoms with Gasteiger partial charge in [-0.3, -0.25) is 25.2 Å². The molecule has 0 saturated heterocycles. The minimum absolute atomic E-state index is 0.110. The number of carbonyl (C=O) groups excluding carboxylic acids is 1. The van der Waals surface area contributed by atoms with Crippen molar-refractivity contribution in [3.05, 3.63) is 51.5 Å². The number of carbonyl (C=O) groups is 1. The van der Waals surface area contributed by atoms with E-state index in [4.69, 9.17) is 4.42 Å². The lowest BCUT2D eigenvalue weighted by atomic mass is 10.3. The van der Waals surface area contributed by atoms with E-state index in [2.05, 4.69) is 20.5 Å². The van der Waals surface area contributed by atoms with Crippen LogP contribution in [0.1, 0.15) is 9.67 Å². The van der Waals surface area contributed by atoms with E-state index < -0.39 is 10.8 Å². The van der Waals surface area contributed by atoms with Crippen molar-refractivity contribution in [2.45, 2.75) is 0 Å². The van der Waals surface area contributed by atoms with Gasteiger partial charge >= 0.3 is 11.0 Å². The minimum atomic E-state index is -0.562. The van der Waals surface area contributed by atoms with Gasteiger partial charge in [-0.1, -0.05) is 22.5 Å². The standard InChI is InChI=1S/C12H7N5O4S/c18-10(8-4-5-9(22-8)17(19)20)14-12-16-15-11(21-12)7-3-1-2-6-13-7/h1-6H,(H,14,16,18). The molecule has 1 N–H and O–H groups in total. The first-order chi connectivity index (χ1) is 10.6. The van der Waals surface area contributed by atoms with E-state index in [1.54, 1.807) is 24.4 Å². The molecular weight excluding hydrogens is 310 g/mol. The molecule has 110 valence electrons. The van der Waals surface area contributed by atoms with E-state index >= 15 is 0 Å². The molecule has 0 bridgehead atoms. The SMILES string of the molecule is O=C(Nc1nnc(-c2ccccn2)o1)c1ccc([N+](=O)[O-])s1. The number of hydrogen-bond donors (Lipinski definition) is 1. The average Bonchev–Trinajstić information content (AvgIpc) is 3.17. The summed E-state index contributed by atoms with van der Waals surface area (Å²) >= 11 is 0.758. The van der Waals surface area contributed by atoms with Gasteiger partial charge in [0.2, 0.25) is 0 Å². The summed E-state index contributed by atoms with van der Waals surface area (Å²) in [5.41, 5.74) is 0.474. The molecule has 0 aliphatic rings. The molecule has 0 fully saturated rings. The van der Waals surface area contributed by atoms with Crippen LogP contribution in [-0.2, 0) is 0 Å². The molecule has 0 aliphatic carbocycles. The number of amides is 1. The van der Waals surface area contributed by atoms with Gasteiger partial charge in [-0.2, -0.15) is 0 Å². The Kier molecular flexibility index (Phi) is 3.58. The van der Waals surface area contributed by atoms with Gasteiger partial charge < -0.3 is 4.42 Å². The Balaban J connectivity index is 1.74. The Morgan fingerprint density at radius 1 is 1.27 bits per heavy atom. The van der Waals surface area contributed by atoms with Gasteiger partial charge in [-0.15, -0.1) is 5.10 Å². The van der Waals surface area contributed by atoms with Crippen LogP contribution in [0.25, 0.3) is 11.6 Å². The van der Waals surface area contributed by atoms with Gasteiger partial charge in [0.15, 0.2) is 0 Å². The van der Waals surface area contributed by atoms with E-state index in [0.717, 1.165) is 11.3 Å². The fraction of sp³-hybridized carbons (Fsp3) is 0. The summed E-state index contributed by atoms with van der Waals surface area (Å²) in [4.78, 5) is 26.2. The molecule has 22 heavy (non-hydrogen) atoms. The molecule has 0 saturated carbocycles. The summed E-state index contributed by atoms with van der Waals surface area (Å²) in [7, 11) is 0. The number of nitro groups is 1. The van der Waals surface area contributed by atoms with Gasteiger partial charge in [0.1, 0.15) is 5.69 Å². The molecule has 3 rings (SSSR count). The zero-order chi connectivity index (χ0) is 15.5. The molecule has 3 heterocycles. The Labute approximate surface area is 126 Å². The number of nitrogens with zero attached hydrogens (tertiary/aromatic N) is 4. The summed E-state index contributed by atoms with van der Waals surface area (Å²) in [5, 5.41) is 20.3. The van der Waals surface area contributed by atoms with Crippen LogP contribution in [0.4, 0.5) is 11.0 Å². The summed E-state index contributed by atoms with van der Waals surface area (Å²) in [6.45, 7) is 0. The molecule has 0 radical (unpaired) electrons. The summed E-state index contributed by atoms with van der Waals surface area (Å²) < 4.78 is 5.27. The number of pyridine rings is 1. The molecule has 10 heteroatoms. The predicted molar refractivity (Wildman–Crippen MR) is 76.5 cm³/mol. The Morgan fingerprint density at radius 3 is 2.82 bits per heavy atom. The molecule has 0 aromatic carbocycles. The first kappa shape index (κ1) is 13.8. The maximum Gasteiger partial charge on any atom is 0.324 e. The third-order valence-electron chi connectivity index (χ3n) is 2.53. The lowest BCUT2D eigenvalue weighted by Gasteiger charge is -1.96. The van der Waals surface area contributed by atoms with Crippen LogP contribution in [-0.4, -0.2) is 26.0 Å². The number of aromatic nitrogens is 3. The van der Waals surface area contributed by atoms with Crippen LogP contribution in [0, 0.1) is 10.1 Å². The molecule has 9 nitrogen and oxygen atoms in total. The van der Waals surface area contributed by atoms with Crippen LogP contribution in [0.2, 0.25) is 0 Å². The van der Waals surface area contributed by atoms with Crippen molar-refractivity contribution in [2.75, 3.05) is 5.32 Å². The fourth-order valence-electron chi connectivity index (χ4n) is 1.57. The normalized spacial score (nSPS) is 10.4. The molecule has 3 aromatic rings. The van der Waals surface area contributed by atoms with Crippen LogP contribution >= 0.6 is 11.3 Å². The quantitative estimate of drug-likeness (QED) is 0.578. The molecule has 0 aliphatic heterocycles. The Bertz CT molecular complexity index is 829. The largest absolute Gasteiger partial charge is 0.401 e. The second-order valence-electron chi connectivity index (χ2n) is 3.98. The average molecular weight is 317 g/mol. The molecule has 0 spiro atoms. The highest BCUT2D eigenvalue weighted by Crippen LogP contribution is 2.25. The zero-order valence-electron chi connectivity index (χ0n) is 10.8. The monoisotopic (exact) mass is 317 g/mol. The number of rotatable bonds is 4. The van der Waals surface area contributed by atoms with Crippen molar-refractivity contribution >= 4 is 28.3 Å². The number of nitrogens with one attached hydrogen (secondary N) is 1. The lowest BCUT2D eigenvalue weighted by Crippen LogP contribution is -2.10. The fourth-order valence-corrected chi connectivity index (χ4v) is 2.29. The topological polar surface area (TPSA) is 124 Å². The third kappa shape index (κ3) is 2.81. The number of anilines is 1. The molecule has 0 unspecified atom stereocenters. The maximum absolute atomic E-state index is 11.9.